The zero-order valence-electron chi connectivity index (χ0n) is 19.3. The highest BCUT2D eigenvalue weighted by molar-refractivity contribution is 6.40. The Morgan fingerprint density at radius 3 is 1.53 bits per heavy atom. The van der Waals surface area contributed by atoms with Gasteiger partial charge in [-0.3, -0.25) is 38.4 Å². The number of benzene rings is 1. The summed E-state index contributed by atoms with van der Waals surface area (Å²) < 4.78 is 4.96. The zero-order chi connectivity index (χ0) is 26.9. The Kier molecular flexibility index (Phi) is 4.96. The van der Waals surface area contributed by atoms with Crippen molar-refractivity contribution in [3.63, 3.8) is 0 Å². The minimum Gasteiger partial charge on any atom is -0.362 e. The fourth-order valence-corrected chi connectivity index (χ4v) is 4.78. The fraction of sp³-hybridized carbons (Fsp3) is 0.167. The summed E-state index contributed by atoms with van der Waals surface area (Å²) in [5.74, 6) is -7.69. The van der Waals surface area contributed by atoms with E-state index in [4.69, 9.17) is 4.74 Å². The Morgan fingerprint density at radius 2 is 1.03 bits per heavy atom. The summed E-state index contributed by atoms with van der Waals surface area (Å²) >= 11 is 0. The number of morpholine rings is 1. The monoisotopic (exact) mass is 517 g/mol. The molecular weight excluding hydrogens is 502 g/mol. The second-order valence-electron chi connectivity index (χ2n) is 8.59. The third-order valence-electron chi connectivity index (χ3n) is 6.41. The topological polar surface area (TPSA) is 175 Å². The standard InChI is InChI=1S/C24H15N5O9/c30-13-5-6-14(31)26(13)19-20(29-23(36)11-3-1-2-4-12(11)24(29)37)22(28-17(34)9-38-10-18(28)35)25-21(19)27-15(32)7-8-16(27)33/h1-6,25H,7-10H2. The van der Waals surface area contributed by atoms with Crippen molar-refractivity contribution < 1.29 is 43.1 Å². The highest BCUT2D eigenvalue weighted by Crippen LogP contribution is 2.50. The molecule has 190 valence electrons. The first-order chi connectivity index (χ1) is 18.2. The van der Waals surface area contributed by atoms with Gasteiger partial charge in [-0.2, -0.15) is 0 Å². The normalized spacial score (nSPS) is 19.7. The van der Waals surface area contributed by atoms with Crippen molar-refractivity contribution in [2.24, 2.45) is 0 Å². The van der Waals surface area contributed by atoms with Crippen molar-refractivity contribution in [2.75, 3.05) is 32.8 Å². The van der Waals surface area contributed by atoms with Crippen LogP contribution in [0.15, 0.2) is 36.4 Å². The number of aromatic amines is 1. The van der Waals surface area contributed by atoms with E-state index in [1.165, 1.54) is 24.3 Å². The van der Waals surface area contributed by atoms with Crippen molar-refractivity contribution in [3.8, 4) is 0 Å². The molecule has 2 fully saturated rings. The van der Waals surface area contributed by atoms with Gasteiger partial charge in [0.2, 0.25) is 11.8 Å². The number of fused-ring (bicyclic) bond motifs is 1. The zero-order valence-corrected chi connectivity index (χ0v) is 19.3. The number of hydrogen-bond acceptors (Lipinski definition) is 9. The quantitative estimate of drug-likeness (QED) is 0.538. The van der Waals surface area contributed by atoms with E-state index >= 15 is 0 Å². The Hall–Kier alpha value is -5.24. The van der Waals surface area contributed by atoms with Crippen molar-refractivity contribution >= 4 is 70.3 Å². The second kappa shape index (κ2) is 8.14. The first kappa shape index (κ1) is 23.2. The van der Waals surface area contributed by atoms with Gasteiger partial charge in [-0.1, -0.05) is 12.1 Å². The van der Waals surface area contributed by atoms with Crippen LogP contribution in [0.4, 0.5) is 23.0 Å². The van der Waals surface area contributed by atoms with E-state index in [0.29, 0.717) is 19.6 Å². The Bertz CT molecular complexity index is 1500. The maximum atomic E-state index is 13.5. The molecular formula is C24H15N5O9. The van der Waals surface area contributed by atoms with Crippen LogP contribution in [0.3, 0.4) is 0 Å². The molecule has 38 heavy (non-hydrogen) atoms. The fourth-order valence-electron chi connectivity index (χ4n) is 4.78. The van der Waals surface area contributed by atoms with E-state index in [9.17, 15) is 38.4 Å². The number of nitrogens with zero attached hydrogens (tertiary/aromatic N) is 4. The van der Waals surface area contributed by atoms with Gasteiger partial charge in [-0.05, 0) is 12.1 Å². The number of imide groups is 4. The molecule has 0 aliphatic carbocycles. The number of carbonyl (C=O) groups is 8. The maximum Gasteiger partial charge on any atom is 0.266 e. The summed E-state index contributed by atoms with van der Waals surface area (Å²) in [5, 5.41) is 0. The molecule has 1 N–H and O–H groups in total. The molecule has 5 heterocycles. The van der Waals surface area contributed by atoms with Gasteiger partial charge in [0.05, 0.1) is 11.1 Å². The summed E-state index contributed by atoms with van der Waals surface area (Å²) in [6.45, 7) is -1.08. The number of anilines is 4. The second-order valence-corrected chi connectivity index (χ2v) is 8.59. The van der Waals surface area contributed by atoms with E-state index in [0.717, 1.165) is 12.2 Å². The van der Waals surface area contributed by atoms with Crippen LogP contribution in [-0.4, -0.2) is 65.5 Å². The Labute approximate surface area is 212 Å². The Morgan fingerprint density at radius 1 is 0.579 bits per heavy atom. The lowest BCUT2D eigenvalue weighted by atomic mass is 10.1. The van der Waals surface area contributed by atoms with Crippen LogP contribution >= 0.6 is 0 Å². The predicted octanol–water partition coefficient (Wildman–Crippen LogP) is -0.212. The van der Waals surface area contributed by atoms with Crippen LogP contribution < -0.4 is 19.6 Å². The molecule has 2 saturated heterocycles. The van der Waals surface area contributed by atoms with Gasteiger partial charge in [0.15, 0.2) is 0 Å². The summed E-state index contributed by atoms with van der Waals surface area (Å²) in [7, 11) is 0. The van der Waals surface area contributed by atoms with Crippen LogP contribution in [0.5, 0.6) is 0 Å². The summed E-state index contributed by atoms with van der Waals surface area (Å²) in [6.07, 6.45) is 1.46. The highest BCUT2D eigenvalue weighted by Gasteiger charge is 2.48. The van der Waals surface area contributed by atoms with Crippen LogP contribution in [0.2, 0.25) is 0 Å². The smallest absolute Gasteiger partial charge is 0.266 e. The van der Waals surface area contributed by atoms with E-state index in [-0.39, 0.29) is 24.0 Å². The lowest BCUT2D eigenvalue weighted by Gasteiger charge is -2.27. The number of nitrogens with one attached hydrogen (secondary N) is 1. The molecule has 0 spiro atoms. The molecule has 0 radical (unpaired) electrons. The van der Waals surface area contributed by atoms with E-state index in [1.807, 2.05) is 0 Å². The minimum atomic E-state index is -0.904. The third kappa shape index (κ3) is 3.10. The number of hydrogen-bond donors (Lipinski definition) is 1. The van der Waals surface area contributed by atoms with Crippen LogP contribution in [0, 0.1) is 0 Å². The Balaban J connectivity index is 1.68. The van der Waals surface area contributed by atoms with Crippen molar-refractivity contribution in [3.05, 3.63) is 47.5 Å². The van der Waals surface area contributed by atoms with Gasteiger partial charge in [-0.25, -0.2) is 19.6 Å². The van der Waals surface area contributed by atoms with Gasteiger partial charge in [0.1, 0.15) is 36.2 Å². The van der Waals surface area contributed by atoms with Gasteiger partial charge in [-0.15, -0.1) is 0 Å². The van der Waals surface area contributed by atoms with Crippen molar-refractivity contribution in [1.82, 2.24) is 4.98 Å². The summed E-state index contributed by atoms with van der Waals surface area (Å²) in [4.78, 5) is 109. The molecule has 6 rings (SSSR count). The van der Waals surface area contributed by atoms with Gasteiger partial charge >= 0.3 is 0 Å². The highest BCUT2D eigenvalue weighted by atomic mass is 16.5. The number of H-pyrrole nitrogens is 1. The molecule has 0 unspecified atom stereocenters. The first-order valence-corrected chi connectivity index (χ1v) is 11.3. The van der Waals surface area contributed by atoms with Crippen LogP contribution in [0.25, 0.3) is 0 Å². The third-order valence-corrected chi connectivity index (χ3v) is 6.41. The number of amides is 8. The lowest BCUT2D eigenvalue weighted by Crippen LogP contribution is -2.47. The number of ether oxygens (including phenoxy) is 1. The van der Waals surface area contributed by atoms with Gasteiger partial charge < -0.3 is 9.72 Å². The van der Waals surface area contributed by atoms with Crippen LogP contribution in [-0.2, 0) is 33.5 Å². The number of aromatic nitrogens is 1. The number of rotatable bonds is 4. The van der Waals surface area contributed by atoms with Crippen molar-refractivity contribution in [2.45, 2.75) is 12.8 Å². The molecule has 2 aromatic rings. The average molecular weight is 517 g/mol. The number of carbonyl (C=O) groups excluding carboxylic acids is 8. The van der Waals surface area contributed by atoms with Gasteiger partial charge in [0, 0.05) is 25.0 Å². The molecule has 0 bridgehead atoms. The molecule has 4 aliphatic heterocycles. The molecule has 1 aromatic heterocycles. The molecule has 0 atom stereocenters. The van der Waals surface area contributed by atoms with E-state index in [1.54, 1.807) is 0 Å². The molecule has 0 saturated carbocycles. The van der Waals surface area contributed by atoms with Crippen molar-refractivity contribution in [1.29, 1.82) is 0 Å². The molecule has 1 aromatic carbocycles. The first-order valence-electron chi connectivity index (χ1n) is 11.3. The summed E-state index contributed by atoms with van der Waals surface area (Å²) in [6, 6.07) is 5.81. The predicted molar refractivity (Wildman–Crippen MR) is 125 cm³/mol. The molecule has 4 aliphatic rings. The van der Waals surface area contributed by atoms with Gasteiger partial charge in [0.25, 0.3) is 35.4 Å². The SMILES string of the molecule is O=C1CCC(=O)N1c1[nH]c(N2C(=O)COCC2=O)c(N2C(=O)c3ccccc3C2=O)c1N1C(=O)C=CC1=O. The molecule has 14 heteroatoms. The van der Waals surface area contributed by atoms with E-state index < -0.39 is 83.5 Å². The molecule has 14 nitrogen and oxygen atoms in total. The largest absolute Gasteiger partial charge is 0.362 e. The molecule has 8 amide bonds. The maximum absolute atomic E-state index is 13.5. The average Bonchev–Trinajstić information content (AvgIpc) is 3.58. The summed E-state index contributed by atoms with van der Waals surface area (Å²) in [5.41, 5.74) is -1.05. The minimum absolute atomic E-state index is 0.0118. The van der Waals surface area contributed by atoms with Crippen LogP contribution in [0.1, 0.15) is 33.6 Å². The van der Waals surface area contributed by atoms with E-state index in [2.05, 4.69) is 4.98 Å². The lowest BCUT2D eigenvalue weighted by molar-refractivity contribution is -0.138.